The number of ether oxygens (including phenoxy) is 1. The Morgan fingerprint density at radius 3 is 2.32 bits per heavy atom. The molecule has 2 fully saturated rings. The lowest BCUT2D eigenvalue weighted by Gasteiger charge is -2.33. The number of likely N-dealkylation sites (tertiary alicyclic amines) is 1. The minimum Gasteiger partial charge on any atom is -0.497 e. The molecule has 1 aliphatic carbocycles. The summed E-state index contributed by atoms with van der Waals surface area (Å²) in [7, 11) is 1.70. The second kappa shape index (κ2) is 7.70. The summed E-state index contributed by atoms with van der Waals surface area (Å²) in [5.41, 5.74) is 1.10. The molecule has 2 nitrogen and oxygen atoms in total. The number of benzene rings is 1. The molecule has 2 heteroatoms. The third-order valence-electron chi connectivity index (χ3n) is 5.08. The SMILES string of the molecule is COc1ccc(C#CC(C2CCCCC2)N2CCCC2)cc1. The minimum atomic E-state index is 0.463. The molecule has 0 radical (unpaired) electrons. The van der Waals surface area contributed by atoms with Crippen molar-refractivity contribution in [3.63, 3.8) is 0 Å². The maximum Gasteiger partial charge on any atom is 0.118 e. The van der Waals surface area contributed by atoms with Gasteiger partial charge < -0.3 is 4.74 Å². The van der Waals surface area contributed by atoms with Crippen LogP contribution in [0.4, 0.5) is 0 Å². The normalized spacial score (nSPS) is 21.1. The highest BCUT2D eigenvalue weighted by atomic mass is 16.5. The zero-order valence-electron chi connectivity index (χ0n) is 13.7. The lowest BCUT2D eigenvalue weighted by Crippen LogP contribution is -2.38. The molecule has 2 aliphatic rings. The average molecular weight is 297 g/mol. The second-order valence-electron chi connectivity index (χ2n) is 6.58. The first-order chi connectivity index (χ1) is 10.9. The number of methoxy groups -OCH3 is 1. The van der Waals surface area contributed by atoms with Crippen molar-refractivity contribution in [1.82, 2.24) is 4.90 Å². The van der Waals surface area contributed by atoms with E-state index in [1.807, 2.05) is 12.1 Å². The summed E-state index contributed by atoms with van der Waals surface area (Å²) in [6, 6.07) is 8.58. The highest BCUT2D eigenvalue weighted by Crippen LogP contribution is 2.30. The number of nitrogens with zero attached hydrogens (tertiary/aromatic N) is 1. The van der Waals surface area contributed by atoms with Gasteiger partial charge in [-0.1, -0.05) is 31.1 Å². The van der Waals surface area contributed by atoms with Gasteiger partial charge in [0.2, 0.25) is 0 Å². The molecule has 1 saturated carbocycles. The van der Waals surface area contributed by atoms with Crippen LogP contribution in [0.3, 0.4) is 0 Å². The Morgan fingerprint density at radius 1 is 1.00 bits per heavy atom. The molecule has 118 valence electrons. The molecular weight excluding hydrogens is 270 g/mol. The summed E-state index contributed by atoms with van der Waals surface area (Å²) in [4.78, 5) is 2.63. The molecule has 22 heavy (non-hydrogen) atoms. The maximum absolute atomic E-state index is 5.21. The van der Waals surface area contributed by atoms with Crippen LogP contribution >= 0.6 is 0 Å². The van der Waals surface area contributed by atoms with E-state index in [9.17, 15) is 0 Å². The van der Waals surface area contributed by atoms with Crippen molar-refractivity contribution >= 4 is 0 Å². The molecule has 3 rings (SSSR count). The van der Waals surface area contributed by atoms with Gasteiger partial charge >= 0.3 is 0 Å². The standard InChI is InChI=1S/C20H27NO/c1-22-19-12-9-17(10-13-19)11-14-20(21-15-5-6-16-21)18-7-3-2-4-8-18/h9-10,12-13,18,20H,2-8,15-16H2,1H3. The molecule has 0 spiro atoms. The van der Waals surface area contributed by atoms with E-state index < -0.39 is 0 Å². The Bertz CT molecular complexity index is 513. The van der Waals surface area contributed by atoms with Gasteiger partial charge in [-0.2, -0.15) is 0 Å². The van der Waals surface area contributed by atoms with Crippen LogP contribution in [0.15, 0.2) is 24.3 Å². The summed E-state index contributed by atoms with van der Waals surface area (Å²) in [5, 5.41) is 0. The molecule has 0 aromatic heterocycles. The van der Waals surface area contributed by atoms with Crippen LogP contribution in [0.2, 0.25) is 0 Å². The van der Waals surface area contributed by atoms with E-state index >= 15 is 0 Å². The molecular formula is C20H27NO. The molecule has 1 aliphatic heterocycles. The lowest BCUT2D eigenvalue weighted by molar-refractivity contribution is 0.185. The van der Waals surface area contributed by atoms with Gasteiger partial charge in [0.15, 0.2) is 0 Å². The van der Waals surface area contributed by atoms with E-state index in [0.29, 0.717) is 6.04 Å². The van der Waals surface area contributed by atoms with Crippen molar-refractivity contribution in [2.75, 3.05) is 20.2 Å². The molecule has 0 N–H and O–H groups in total. The van der Waals surface area contributed by atoms with Crippen LogP contribution in [-0.2, 0) is 0 Å². The third kappa shape index (κ3) is 3.84. The monoisotopic (exact) mass is 297 g/mol. The first kappa shape index (κ1) is 15.4. The zero-order chi connectivity index (χ0) is 15.2. The molecule has 0 bridgehead atoms. The summed E-state index contributed by atoms with van der Waals surface area (Å²) in [6.07, 6.45) is 9.59. The molecule has 0 amide bonds. The van der Waals surface area contributed by atoms with Gasteiger partial charge in [0.25, 0.3) is 0 Å². The lowest BCUT2D eigenvalue weighted by atomic mass is 9.83. The molecule has 1 aromatic rings. The van der Waals surface area contributed by atoms with E-state index in [1.54, 1.807) is 7.11 Å². The fraction of sp³-hybridized carbons (Fsp3) is 0.600. The van der Waals surface area contributed by atoms with Gasteiger partial charge in [-0.05, 0) is 69.0 Å². The summed E-state index contributed by atoms with van der Waals surface area (Å²) >= 11 is 0. The van der Waals surface area contributed by atoms with Crippen molar-refractivity contribution < 1.29 is 4.74 Å². The van der Waals surface area contributed by atoms with Gasteiger partial charge in [0.1, 0.15) is 5.75 Å². The van der Waals surface area contributed by atoms with E-state index in [1.165, 1.54) is 58.0 Å². The first-order valence-corrected chi connectivity index (χ1v) is 8.76. The number of rotatable bonds is 3. The Labute approximate surface area is 134 Å². The van der Waals surface area contributed by atoms with E-state index in [-0.39, 0.29) is 0 Å². The predicted molar refractivity (Wildman–Crippen MR) is 91.0 cm³/mol. The van der Waals surface area contributed by atoms with Crippen LogP contribution in [0.25, 0.3) is 0 Å². The minimum absolute atomic E-state index is 0.463. The number of hydrogen-bond donors (Lipinski definition) is 0. The Balaban J connectivity index is 1.75. The van der Waals surface area contributed by atoms with Gasteiger partial charge in [0, 0.05) is 5.56 Å². The highest BCUT2D eigenvalue weighted by molar-refractivity contribution is 5.39. The Kier molecular flexibility index (Phi) is 5.40. The van der Waals surface area contributed by atoms with Crippen LogP contribution in [0.1, 0.15) is 50.5 Å². The van der Waals surface area contributed by atoms with Gasteiger partial charge in [-0.15, -0.1) is 0 Å². The smallest absolute Gasteiger partial charge is 0.118 e. The van der Waals surface area contributed by atoms with E-state index in [4.69, 9.17) is 4.74 Å². The molecule has 1 unspecified atom stereocenters. The van der Waals surface area contributed by atoms with Crippen molar-refractivity contribution in [3.8, 4) is 17.6 Å². The average Bonchev–Trinajstić information content (AvgIpc) is 3.11. The Hall–Kier alpha value is -1.46. The maximum atomic E-state index is 5.21. The van der Waals surface area contributed by atoms with E-state index in [2.05, 4.69) is 28.9 Å². The second-order valence-corrected chi connectivity index (χ2v) is 6.58. The largest absolute Gasteiger partial charge is 0.497 e. The van der Waals surface area contributed by atoms with Crippen LogP contribution in [0.5, 0.6) is 5.75 Å². The molecule has 1 atom stereocenters. The molecule has 1 saturated heterocycles. The van der Waals surface area contributed by atoms with Crippen molar-refractivity contribution in [3.05, 3.63) is 29.8 Å². The van der Waals surface area contributed by atoms with Crippen LogP contribution in [-0.4, -0.2) is 31.1 Å². The topological polar surface area (TPSA) is 12.5 Å². The highest BCUT2D eigenvalue weighted by Gasteiger charge is 2.28. The van der Waals surface area contributed by atoms with Gasteiger partial charge in [-0.3, -0.25) is 4.90 Å². The Morgan fingerprint density at radius 2 is 1.68 bits per heavy atom. The fourth-order valence-corrected chi connectivity index (χ4v) is 3.81. The van der Waals surface area contributed by atoms with E-state index in [0.717, 1.165) is 17.2 Å². The summed E-state index contributed by atoms with van der Waals surface area (Å²) in [6.45, 7) is 2.47. The summed E-state index contributed by atoms with van der Waals surface area (Å²) < 4.78 is 5.21. The molecule has 1 aromatic carbocycles. The van der Waals surface area contributed by atoms with Gasteiger partial charge in [0.05, 0.1) is 13.2 Å². The molecule has 1 heterocycles. The quantitative estimate of drug-likeness (QED) is 0.779. The van der Waals surface area contributed by atoms with Crippen LogP contribution < -0.4 is 4.74 Å². The first-order valence-electron chi connectivity index (χ1n) is 8.76. The van der Waals surface area contributed by atoms with Crippen molar-refractivity contribution in [2.24, 2.45) is 5.92 Å². The predicted octanol–water partition coefficient (Wildman–Crippen LogP) is 4.09. The fourth-order valence-electron chi connectivity index (χ4n) is 3.81. The summed E-state index contributed by atoms with van der Waals surface area (Å²) in [5.74, 6) is 8.72. The number of hydrogen-bond acceptors (Lipinski definition) is 2. The van der Waals surface area contributed by atoms with Gasteiger partial charge in [-0.25, -0.2) is 0 Å². The van der Waals surface area contributed by atoms with Crippen molar-refractivity contribution in [1.29, 1.82) is 0 Å². The third-order valence-corrected chi connectivity index (χ3v) is 5.08. The zero-order valence-corrected chi connectivity index (χ0v) is 13.7. The van der Waals surface area contributed by atoms with Crippen molar-refractivity contribution in [2.45, 2.75) is 51.0 Å². The van der Waals surface area contributed by atoms with Crippen LogP contribution in [0, 0.1) is 17.8 Å².